The third-order valence-corrected chi connectivity index (χ3v) is 16.2. The van der Waals surface area contributed by atoms with Crippen molar-refractivity contribution in [2.75, 3.05) is 12.9 Å². The number of epoxide rings is 1. The first kappa shape index (κ1) is 28.3. The minimum atomic E-state index is -3.80. The van der Waals surface area contributed by atoms with Gasteiger partial charge < -0.3 is 14.3 Å². The van der Waals surface area contributed by atoms with Gasteiger partial charge in [0.1, 0.15) is 23.6 Å². The highest BCUT2D eigenvalue weighted by molar-refractivity contribution is 7.86. The van der Waals surface area contributed by atoms with E-state index in [2.05, 4.69) is 65.1 Å². The van der Waals surface area contributed by atoms with Gasteiger partial charge in [-0.25, -0.2) is 0 Å². The molecule has 1 aliphatic heterocycles. The highest BCUT2D eigenvalue weighted by Crippen LogP contribution is 2.76. The number of aliphatic hydroxyl groups is 1. The molecule has 7 nitrogen and oxygen atoms in total. The van der Waals surface area contributed by atoms with Crippen molar-refractivity contribution in [2.24, 2.45) is 28.6 Å². The second kappa shape index (κ2) is 8.15. The summed E-state index contributed by atoms with van der Waals surface area (Å²) in [6.45, 7) is 16.7. The predicted molar refractivity (Wildman–Crippen MR) is 148 cm³/mol. The molecule has 38 heavy (non-hydrogen) atoms. The second-order valence-corrected chi connectivity index (χ2v) is 20.7. The number of fused-ring (bicyclic) bond motifs is 3. The monoisotopic (exact) mass is 564 g/mol. The SMILES string of the molecule is CC1C[C@H]2[C@@H]3CC=C4C=C(O[Si](C)(C)C(C)(C)C)C=C[C@]4(C)[C@]34OC4C[C@]2(C)[C@@]1(O)C(=O)COS(C)(=O)=O. The third-order valence-electron chi connectivity index (χ3n) is 11.3. The van der Waals surface area contributed by atoms with Crippen LogP contribution >= 0.6 is 0 Å². The Bertz CT molecular complexity index is 1260. The number of Topliss-reactive ketones (excluding diaryl/α,β-unsaturated/α-hetero) is 1. The standard InChI is InChI=1S/C29H44O7SSi/c1-18-14-22-21-11-10-19-15-20(36-38(8,9)25(2,3)4)12-13-26(19,5)29(21)24(35-29)16-27(22,6)28(18,31)23(30)17-34-37(7,32)33/h10,12-13,15,18,21-22,24,31H,11,14,16-17H2,1-9H3/t18?,21-,22-,24?,26-,27-,28-,29-/m0/s1. The van der Waals surface area contributed by atoms with E-state index in [1.165, 1.54) is 5.57 Å². The molecule has 5 rings (SSSR count). The van der Waals surface area contributed by atoms with Crippen LogP contribution in [0.1, 0.15) is 60.8 Å². The molecule has 3 fully saturated rings. The van der Waals surface area contributed by atoms with Crippen molar-refractivity contribution in [3.05, 3.63) is 35.6 Å². The van der Waals surface area contributed by atoms with Gasteiger partial charge in [0.15, 0.2) is 5.78 Å². The van der Waals surface area contributed by atoms with Gasteiger partial charge in [0.2, 0.25) is 8.32 Å². The molecule has 0 amide bonds. The number of ketones is 1. The van der Waals surface area contributed by atoms with E-state index in [0.29, 0.717) is 12.8 Å². The Morgan fingerprint density at radius 2 is 1.89 bits per heavy atom. The predicted octanol–water partition coefficient (Wildman–Crippen LogP) is 4.89. The summed E-state index contributed by atoms with van der Waals surface area (Å²) in [7, 11) is -5.78. The maximum Gasteiger partial charge on any atom is 0.264 e. The van der Waals surface area contributed by atoms with Crippen LogP contribution in [0.2, 0.25) is 18.1 Å². The first-order chi connectivity index (χ1) is 17.2. The van der Waals surface area contributed by atoms with Crippen LogP contribution < -0.4 is 0 Å². The van der Waals surface area contributed by atoms with E-state index < -0.39 is 41.8 Å². The van der Waals surface area contributed by atoms with Gasteiger partial charge in [-0.2, -0.15) is 8.42 Å². The first-order valence-corrected chi connectivity index (χ1v) is 18.5. The van der Waals surface area contributed by atoms with Gasteiger partial charge in [0, 0.05) is 10.8 Å². The van der Waals surface area contributed by atoms with Crippen LogP contribution in [0, 0.1) is 28.6 Å². The zero-order valence-corrected chi connectivity index (χ0v) is 26.1. The highest BCUT2D eigenvalue weighted by atomic mass is 32.2. The summed E-state index contributed by atoms with van der Waals surface area (Å²) < 4.78 is 41.2. The van der Waals surface area contributed by atoms with Crippen molar-refractivity contribution in [2.45, 2.75) is 96.2 Å². The maximum atomic E-state index is 13.4. The Hall–Kier alpha value is -1.26. The Morgan fingerprint density at radius 1 is 1.24 bits per heavy atom. The molecule has 4 aliphatic carbocycles. The molecule has 212 valence electrons. The molecule has 1 N–H and O–H groups in total. The van der Waals surface area contributed by atoms with E-state index in [9.17, 15) is 18.3 Å². The molecule has 1 saturated heterocycles. The van der Waals surface area contributed by atoms with E-state index in [1.54, 1.807) is 0 Å². The van der Waals surface area contributed by atoms with Crippen LogP contribution in [0.3, 0.4) is 0 Å². The van der Waals surface area contributed by atoms with Crippen molar-refractivity contribution >= 4 is 24.2 Å². The Morgan fingerprint density at radius 3 is 2.50 bits per heavy atom. The highest BCUT2D eigenvalue weighted by Gasteiger charge is 2.81. The topological polar surface area (TPSA) is 102 Å². The van der Waals surface area contributed by atoms with Gasteiger partial charge in [-0.1, -0.05) is 46.8 Å². The Balaban J connectivity index is 1.46. The van der Waals surface area contributed by atoms with Gasteiger partial charge >= 0.3 is 0 Å². The van der Waals surface area contributed by atoms with Gasteiger partial charge in [-0.3, -0.25) is 8.98 Å². The van der Waals surface area contributed by atoms with Crippen LogP contribution in [0.15, 0.2) is 35.6 Å². The molecule has 2 unspecified atom stereocenters. The molecule has 0 aromatic heterocycles. The van der Waals surface area contributed by atoms with Gasteiger partial charge in [0.05, 0.1) is 12.4 Å². The summed E-state index contributed by atoms with van der Waals surface area (Å²) >= 11 is 0. The first-order valence-electron chi connectivity index (χ1n) is 13.8. The number of hydrogen-bond donors (Lipinski definition) is 1. The Labute approximate surface area is 228 Å². The van der Waals surface area contributed by atoms with Crippen LogP contribution in [0.4, 0.5) is 0 Å². The zero-order valence-electron chi connectivity index (χ0n) is 24.3. The van der Waals surface area contributed by atoms with Gasteiger partial charge in [-0.15, -0.1) is 0 Å². The summed E-state index contributed by atoms with van der Waals surface area (Å²) in [6.07, 6.45) is 11.7. The van der Waals surface area contributed by atoms with Crippen molar-refractivity contribution in [3.8, 4) is 0 Å². The quantitative estimate of drug-likeness (QED) is 0.278. The summed E-state index contributed by atoms with van der Waals surface area (Å²) in [5.41, 5.74) is -1.89. The molecule has 2 saturated carbocycles. The molecule has 0 aromatic carbocycles. The molecule has 0 aromatic rings. The fourth-order valence-corrected chi connectivity index (χ4v) is 9.45. The van der Waals surface area contributed by atoms with E-state index in [0.717, 1.165) is 18.4 Å². The molecule has 0 bridgehead atoms. The van der Waals surface area contributed by atoms with Gasteiger partial charge in [-0.05, 0) is 79.8 Å². The molecule has 5 aliphatic rings. The molecular formula is C29H44O7SSi. The van der Waals surface area contributed by atoms with Crippen LogP contribution in [0.5, 0.6) is 0 Å². The normalized spacial score (nSPS) is 43.7. The molecule has 1 heterocycles. The zero-order chi connectivity index (χ0) is 28.3. The van der Waals surface area contributed by atoms with Crippen molar-refractivity contribution < 1.29 is 31.7 Å². The van der Waals surface area contributed by atoms with Crippen LogP contribution in [-0.2, 0) is 28.3 Å². The van der Waals surface area contributed by atoms with Crippen molar-refractivity contribution in [1.29, 1.82) is 0 Å². The lowest BCUT2D eigenvalue weighted by Gasteiger charge is -2.54. The average Bonchev–Trinajstić information content (AvgIpc) is 3.46. The van der Waals surface area contributed by atoms with E-state index in [-0.39, 0.29) is 39.9 Å². The van der Waals surface area contributed by atoms with Crippen molar-refractivity contribution in [3.63, 3.8) is 0 Å². The smallest absolute Gasteiger partial charge is 0.264 e. The molecule has 0 radical (unpaired) electrons. The molecule has 8 atom stereocenters. The molecule has 1 spiro atoms. The molecule has 9 heteroatoms. The number of hydrogen-bond acceptors (Lipinski definition) is 7. The lowest BCUT2D eigenvalue weighted by Crippen LogP contribution is -2.62. The second-order valence-electron chi connectivity index (χ2n) is 14.4. The fraction of sp³-hybridized carbons (Fsp3) is 0.759. The largest absolute Gasteiger partial charge is 0.544 e. The van der Waals surface area contributed by atoms with E-state index in [1.807, 2.05) is 13.8 Å². The minimum Gasteiger partial charge on any atom is -0.544 e. The van der Waals surface area contributed by atoms with E-state index in [4.69, 9.17) is 13.3 Å². The lowest BCUT2D eigenvalue weighted by atomic mass is 9.48. The van der Waals surface area contributed by atoms with Gasteiger partial charge in [0.25, 0.3) is 10.1 Å². The fourth-order valence-electron chi connectivity index (χ4n) is 8.11. The number of ether oxygens (including phenoxy) is 1. The number of carbonyl (C=O) groups excluding carboxylic acids is 1. The average molecular weight is 565 g/mol. The van der Waals surface area contributed by atoms with Crippen LogP contribution in [-0.4, -0.2) is 57.8 Å². The van der Waals surface area contributed by atoms with Crippen molar-refractivity contribution in [1.82, 2.24) is 0 Å². The van der Waals surface area contributed by atoms with E-state index >= 15 is 0 Å². The number of rotatable bonds is 6. The molecular weight excluding hydrogens is 520 g/mol. The lowest BCUT2D eigenvalue weighted by molar-refractivity contribution is -0.164. The summed E-state index contributed by atoms with van der Waals surface area (Å²) in [6, 6.07) is 0. The third kappa shape index (κ3) is 3.67. The maximum absolute atomic E-state index is 13.4. The Kier molecular flexibility index (Phi) is 6.06. The minimum absolute atomic E-state index is 0.0558. The summed E-state index contributed by atoms with van der Waals surface area (Å²) in [4.78, 5) is 13.4. The number of allylic oxidation sites excluding steroid dienone is 3. The number of carbonyl (C=O) groups is 1. The summed E-state index contributed by atoms with van der Waals surface area (Å²) in [5, 5.41) is 12.1. The van der Waals surface area contributed by atoms with Crippen LogP contribution in [0.25, 0.3) is 0 Å². The summed E-state index contributed by atoms with van der Waals surface area (Å²) in [5.74, 6) is 0.238.